The maximum absolute atomic E-state index is 12.0. The SMILES string of the molecule is Nc1cc(C(=O)O)c2c(C(=O)O)ccc3c4ccc(C(=O)O)c5c(C(=O)O)cc(O)c(c1c23)c54. The van der Waals surface area contributed by atoms with Gasteiger partial charge in [0.25, 0.3) is 0 Å². The Bertz CT molecular complexity index is 1650. The van der Waals surface area contributed by atoms with Gasteiger partial charge in [-0.25, -0.2) is 19.2 Å². The molecule has 0 aliphatic carbocycles. The van der Waals surface area contributed by atoms with Crippen LogP contribution in [0.4, 0.5) is 5.69 Å². The fourth-order valence-corrected chi connectivity index (χ4v) is 4.80. The Morgan fingerprint density at radius 3 is 1.38 bits per heavy atom. The lowest BCUT2D eigenvalue weighted by molar-refractivity contribution is 0.0681. The third kappa shape index (κ3) is 2.50. The molecule has 0 radical (unpaired) electrons. The second kappa shape index (κ2) is 6.69. The summed E-state index contributed by atoms with van der Waals surface area (Å²) in [6.07, 6.45) is 0. The second-order valence-electron chi connectivity index (χ2n) is 7.75. The van der Waals surface area contributed by atoms with Crippen molar-refractivity contribution in [3.05, 3.63) is 58.7 Å². The van der Waals surface area contributed by atoms with Gasteiger partial charge in [-0.15, -0.1) is 0 Å². The maximum atomic E-state index is 12.0. The van der Waals surface area contributed by atoms with Gasteiger partial charge >= 0.3 is 23.9 Å². The molecule has 0 unspecified atom stereocenters. The highest BCUT2D eigenvalue weighted by atomic mass is 16.4. The van der Waals surface area contributed by atoms with Crippen molar-refractivity contribution in [2.45, 2.75) is 0 Å². The van der Waals surface area contributed by atoms with Crippen LogP contribution < -0.4 is 5.73 Å². The van der Waals surface area contributed by atoms with Gasteiger partial charge in [0.1, 0.15) is 5.75 Å². The third-order valence-corrected chi connectivity index (χ3v) is 6.04. The van der Waals surface area contributed by atoms with Crippen LogP contribution in [0.25, 0.3) is 43.1 Å². The largest absolute Gasteiger partial charge is 0.507 e. The van der Waals surface area contributed by atoms with E-state index in [1.807, 2.05) is 0 Å². The number of rotatable bonds is 4. The first-order valence-electron chi connectivity index (χ1n) is 9.70. The molecule has 10 nitrogen and oxygen atoms in total. The normalized spacial score (nSPS) is 11.5. The van der Waals surface area contributed by atoms with Crippen molar-refractivity contribution in [1.29, 1.82) is 0 Å². The Labute approximate surface area is 188 Å². The lowest BCUT2D eigenvalue weighted by Crippen LogP contribution is -2.08. The van der Waals surface area contributed by atoms with Gasteiger partial charge in [-0.05, 0) is 35.0 Å². The zero-order valence-electron chi connectivity index (χ0n) is 16.9. The van der Waals surface area contributed by atoms with Crippen LogP contribution >= 0.6 is 0 Å². The van der Waals surface area contributed by atoms with Gasteiger partial charge in [-0.1, -0.05) is 12.1 Å². The monoisotopic (exact) mass is 459 g/mol. The summed E-state index contributed by atoms with van der Waals surface area (Å²) in [6, 6.07) is 7.22. The van der Waals surface area contributed by atoms with Crippen LogP contribution in [0.1, 0.15) is 41.4 Å². The molecule has 0 aliphatic heterocycles. The molecule has 0 aromatic heterocycles. The number of aromatic carboxylic acids is 4. The fraction of sp³-hybridized carbons (Fsp3) is 0. The van der Waals surface area contributed by atoms with Crippen molar-refractivity contribution in [2.24, 2.45) is 0 Å². The Morgan fingerprint density at radius 1 is 0.529 bits per heavy atom. The van der Waals surface area contributed by atoms with E-state index >= 15 is 0 Å². The number of phenolic OH excluding ortho intramolecular Hbond substituents is 1. The number of phenols is 1. The van der Waals surface area contributed by atoms with E-state index in [-0.39, 0.29) is 54.7 Å². The molecule has 10 heteroatoms. The summed E-state index contributed by atoms with van der Waals surface area (Å²) in [5.41, 5.74) is 4.66. The van der Waals surface area contributed by atoms with Crippen LogP contribution in [0.15, 0.2) is 36.4 Å². The van der Waals surface area contributed by atoms with Crippen molar-refractivity contribution in [3.8, 4) is 5.75 Å². The smallest absolute Gasteiger partial charge is 0.336 e. The second-order valence-corrected chi connectivity index (χ2v) is 7.75. The standard InChI is InChI=1S/C24H13NO9/c25-13-5-11(23(31)32)15-9(21(27)28)3-1-7-8-2-4-10(22(29)30)16-12(24(33)34)6-14(26)20(18(8)16)19(13)17(7)15/h1-6,26H,25H2,(H,27,28)(H,29,30)(H,31,32)(H,33,34). The highest BCUT2D eigenvalue weighted by Crippen LogP contribution is 2.48. The summed E-state index contributed by atoms with van der Waals surface area (Å²) < 4.78 is 0. The highest BCUT2D eigenvalue weighted by Gasteiger charge is 2.28. The number of benzene rings is 5. The quantitative estimate of drug-likeness (QED) is 0.131. The minimum atomic E-state index is -1.46. The molecule has 7 N–H and O–H groups in total. The number of hydrogen-bond donors (Lipinski definition) is 6. The van der Waals surface area contributed by atoms with Crippen LogP contribution in [-0.2, 0) is 0 Å². The van der Waals surface area contributed by atoms with E-state index in [1.54, 1.807) is 0 Å². The lowest BCUT2D eigenvalue weighted by Gasteiger charge is -2.20. The summed E-state index contributed by atoms with van der Waals surface area (Å²) >= 11 is 0. The molecule has 34 heavy (non-hydrogen) atoms. The average molecular weight is 459 g/mol. The van der Waals surface area contributed by atoms with E-state index in [0.29, 0.717) is 10.8 Å². The summed E-state index contributed by atoms with van der Waals surface area (Å²) in [6.45, 7) is 0. The Kier molecular flexibility index (Phi) is 4.08. The zero-order chi connectivity index (χ0) is 24.6. The summed E-state index contributed by atoms with van der Waals surface area (Å²) in [5.74, 6) is -6.19. The highest BCUT2D eigenvalue weighted by molar-refractivity contribution is 6.40. The summed E-state index contributed by atoms with van der Waals surface area (Å²) in [5, 5.41) is 50.5. The predicted octanol–water partition coefficient (Wildman–Crippen LogP) is 3.82. The van der Waals surface area contributed by atoms with Gasteiger partial charge in [0, 0.05) is 38.0 Å². The van der Waals surface area contributed by atoms with E-state index in [9.17, 15) is 44.7 Å². The molecule has 0 amide bonds. The number of anilines is 1. The number of nitrogen functional groups attached to an aromatic ring is 1. The predicted molar refractivity (Wildman–Crippen MR) is 122 cm³/mol. The molecule has 0 spiro atoms. The molecule has 0 aliphatic rings. The number of carboxylic acids is 4. The third-order valence-electron chi connectivity index (χ3n) is 6.04. The topological polar surface area (TPSA) is 195 Å². The Balaban J connectivity index is 2.25. The van der Waals surface area contributed by atoms with E-state index in [0.717, 1.165) is 12.1 Å². The molecule has 0 fully saturated rings. The maximum Gasteiger partial charge on any atom is 0.336 e. The number of nitrogens with two attached hydrogens (primary N) is 1. The van der Waals surface area contributed by atoms with Crippen LogP contribution in [0.5, 0.6) is 5.75 Å². The zero-order valence-corrected chi connectivity index (χ0v) is 16.9. The molecule has 5 aromatic rings. The van der Waals surface area contributed by atoms with E-state index < -0.39 is 35.2 Å². The molecule has 0 atom stereocenters. The number of aromatic hydroxyl groups is 1. The Hall–Kier alpha value is -5.12. The van der Waals surface area contributed by atoms with Crippen LogP contribution in [-0.4, -0.2) is 49.4 Å². The van der Waals surface area contributed by atoms with Gasteiger partial charge in [0.05, 0.1) is 22.3 Å². The first-order valence-corrected chi connectivity index (χ1v) is 9.70. The number of hydrogen-bond acceptors (Lipinski definition) is 6. The van der Waals surface area contributed by atoms with Crippen LogP contribution in [0.3, 0.4) is 0 Å². The first kappa shape index (κ1) is 20.8. The minimum Gasteiger partial charge on any atom is -0.507 e. The molecule has 0 bridgehead atoms. The average Bonchev–Trinajstić information content (AvgIpc) is 2.77. The van der Waals surface area contributed by atoms with Crippen molar-refractivity contribution in [2.75, 3.05) is 5.73 Å². The van der Waals surface area contributed by atoms with Gasteiger partial charge in [0.15, 0.2) is 0 Å². The molecule has 5 rings (SSSR count). The van der Waals surface area contributed by atoms with Crippen LogP contribution in [0.2, 0.25) is 0 Å². The number of carboxylic acid groups (broad SMARTS) is 4. The van der Waals surface area contributed by atoms with Gasteiger partial charge in [-0.3, -0.25) is 0 Å². The van der Waals surface area contributed by atoms with Crippen molar-refractivity contribution < 1.29 is 44.7 Å². The first-order chi connectivity index (χ1) is 16.0. The van der Waals surface area contributed by atoms with Crippen molar-refractivity contribution >= 4 is 72.7 Å². The molecule has 0 heterocycles. The number of carbonyl (C=O) groups is 4. The van der Waals surface area contributed by atoms with Gasteiger partial charge < -0.3 is 31.3 Å². The molecule has 0 saturated carbocycles. The number of fused-ring (bicyclic) bond motifs is 2. The van der Waals surface area contributed by atoms with Crippen molar-refractivity contribution in [1.82, 2.24) is 0 Å². The van der Waals surface area contributed by atoms with E-state index in [2.05, 4.69) is 0 Å². The van der Waals surface area contributed by atoms with Gasteiger partial charge in [-0.2, -0.15) is 0 Å². The fourth-order valence-electron chi connectivity index (χ4n) is 4.80. The lowest BCUT2D eigenvalue weighted by atomic mass is 9.83. The molecule has 0 saturated heterocycles. The van der Waals surface area contributed by atoms with Crippen molar-refractivity contribution in [3.63, 3.8) is 0 Å². The Morgan fingerprint density at radius 2 is 0.941 bits per heavy atom. The van der Waals surface area contributed by atoms with Gasteiger partial charge in [0.2, 0.25) is 0 Å². The van der Waals surface area contributed by atoms with E-state index in [4.69, 9.17) is 5.73 Å². The minimum absolute atomic E-state index is 0.00687. The molecule has 5 aromatic carbocycles. The van der Waals surface area contributed by atoms with E-state index in [1.165, 1.54) is 24.3 Å². The van der Waals surface area contributed by atoms with Crippen LogP contribution in [0, 0.1) is 0 Å². The summed E-state index contributed by atoms with van der Waals surface area (Å²) in [7, 11) is 0. The molecule has 168 valence electrons. The molecular weight excluding hydrogens is 446 g/mol. The molecular formula is C24H13NO9. The summed E-state index contributed by atoms with van der Waals surface area (Å²) in [4.78, 5) is 47.8.